The van der Waals surface area contributed by atoms with Crippen LogP contribution >= 0.6 is 0 Å². The van der Waals surface area contributed by atoms with Gasteiger partial charge >= 0.3 is 5.97 Å². The molecule has 1 aliphatic carbocycles. The normalized spacial score (nSPS) is 31.4. The largest absolute Gasteiger partial charge is 0.481 e. The van der Waals surface area contributed by atoms with Gasteiger partial charge in [0.15, 0.2) is 0 Å². The molecular weight excluding hydrogens is 234 g/mol. The molecule has 18 heavy (non-hydrogen) atoms. The van der Waals surface area contributed by atoms with Crippen molar-refractivity contribution in [2.24, 2.45) is 5.92 Å². The third-order valence-electron chi connectivity index (χ3n) is 3.82. The molecular formula is C13H21NO4. The van der Waals surface area contributed by atoms with Crippen LogP contribution in [-0.2, 0) is 14.3 Å². The summed E-state index contributed by atoms with van der Waals surface area (Å²) in [5.41, 5.74) is 0. The van der Waals surface area contributed by atoms with E-state index in [0.717, 1.165) is 25.9 Å². The van der Waals surface area contributed by atoms with Crippen molar-refractivity contribution in [2.45, 2.75) is 57.1 Å². The Hall–Kier alpha value is -1.10. The molecule has 5 heteroatoms. The van der Waals surface area contributed by atoms with Crippen molar-refractivity contribution in [3.05, 3.63) is 0 Å². The molecule has 0 aromatic rings. The number of ether oxygens (including phenoxy) is 1. The van der Waals surface area contributed by atoms with Crippen molar-refractivity contribution >= 4 is 11.9 Å². The molecule has 102 valence electrons. The van der Waals surface area contributed by atoms with Crippen LogP contribution in [-0.4, -0.2) is 35.7 Å². The van der Waals surface area contributed by atoms with E-state index in [1.165, 1.54) is 6.42 Å². The van der Waals surface area contributed by atoms with E-state index in [-0.39, 0.29) is 24.0 Å². The molecule has 0 spiro atoms. The van der Waals surface area contributed by atoms with E-state index >= 15 is 0 Å². The van der Waals surface area contributed by atoms with E-state index in [4.69, 9.17) is 9.84 Å². The van der Waals surface area contributed by atoms with Gasteiger partial charge in [0.25, 0.3) is 0 Å². The molecule has 1 saturated carbocycles. The van der Waals surface area contributed by atoms with E-state index in [1.807, 2.05) is 0 Å². The Labute approximate surface area is 107 Å². The van der Waals surface area contributed by atoms with E-state index in [1.54, 1.807) is 0 Å². The molecule has 1 aliphatic heterocycles. The summed E-state index contributed by atoms with van der Waals surface area (Å²) < 4.78 is 5.56. The molecule has 2 rings (SSSR count). The quantitative estimate of drug-likeness (QED) is 0.776. The van der Waals surface area contributed by atoms with Gasteiger partial charge in [-0.05, 0) is 38.5 Å². The molecule has 1 amide bonds. The maximum Gasteiger partial charge on any atom is 0.306 e. The summed E-state index contributed by atoms with van der Waals surface area (Å²) in [5, 5.41) is 11.6. The number of carbonyl (C=O) groups is 2. The van der Waals surface area contributed by atoms with Crippen molar-refractivity contribution < 1.29 is 19.4 Å². The van der Waals surface area contributed by atoms with E-state index in [9.17, 15) is 9.59 Å². The highest BCUT2D eigenvalue weighted by atomic mass is 16.5. The second-order valence-corrected chi connectivity index (χ2v) is 5.30. The van der Waals surface area contributed by atoms with Crippen molar-refractivity contribution in [1.82, 2.24) is 5.32 Å². The van der Waals surface area contributed by atoms with Gasteiger partial charge < -0.3 is 15.2 Å². The first-order chi connectivity index (χ1) is 8.65. The fraction of sp³-hybridized carbons (Fsp3) is 0.846. The van der Waals surface area contributed by atoms with Gasteiger partial charge in [-0.1, -0.05) is 0 Å². The predicted octanol–water partition coefficient (Wildman–Crippen LogP) is 1.32. The molecule has 2 N–H and O–H groups in total. The van der Waals surface area contributed by atoms with Gasteiger partial charge in [-0.2, -0.15) is 0 Å². The smallest absolute Gasteiger partial charge is 0.306 e. The topological polar surface area (TPSA) is 75.6 Å². The van der Waals surface area contributed by atoms with Crippen LogP contribution in [0.25, 0.3) is 0 Å². The van der Waals surface area contributed by atoms with Crippen molar-refractivity contribution in [2.75, 3.05) is 6.61 Å². The zero-order valence-corrected chi connectivity index (χ0v) is 10.6. The fourth-order valence-electron chi connectivity index (χ4n) is 2.56. The molecule has 1 unspecified atom stereocenters. The summed E-state index contributed by atoms with van der Waals surface area (Å²) in [7, 11) is 0. The number of aliphatic carboxylic acids is 1. The second kappa shape index (κ2) is 6.18. The number of nitrogens with one attached hydrogen (secondary N) is 1. The SMILES string of the molecule is O=C(CCC1CCCCO1)NC1CC(C(=O)O)C1. The van der Waals surface area contributed by atoms with Crippen LogP contribution in [0, 0.1) is 5.92 Å². The Balaban J connectivity index is 1.57. The lowest BCUT2D eigenvalue weighted by Gasteiger charge is -2.33. The average molecular weight is 255 g/mol. The van der Waals surface area contributed by atoms with Gasteiger partial charge in [-0.25, -0.2) is 0 Å². The lowest BCUT2D eigenvalue weighted by atomic mass is 9.80. The number of amides is 1. The fourth-order valence-corrected chi connectivity index (χ4v) is 2.56. The molecule has 1 heterocycles. The number of rotatable bonds is 5. The van der Waals surface area contributed by atoms with Gasteiger partial charge in [0.2, 0.25) is 5.91 Å². The van der Waals surface area contributed by atoms with Gasteiger partial charge in [-0.3, -0.25) is 9.59 Å². The summed E-state index contributed by atoms with van der Waals surface area (Å²) in [5.74, 6) is -0.994. The zero-order chi connectivity index (χ0) is 13.0. The third kappa shape index (κ3) is 3.70. The molecule has 1 saturated heterocycles. The van der Waals surface area contributed by atoms with E-state index < -0.39 is 5.97 Å². The Morgan fingerprint density at radius 2 is 2.06 bits per heavy atom. The van der Waals surface area contributed by atoms with Crippen LogP contribution in [0.4, 0.5) is 0 Å². The molecule has 0 aromatic carbocycles. The van der Waals surface area contributed by atoms with E-state index in [0.29, 0.717) is 19.3 Å². The molecule has 5 nitrogen and oxygen atoms in total. The second-order valence-electron chi connectivity index (χ2n) is 5.30. The van der Waals surface area contributed by atoms with Crippen LogP contribution in [0.3, 0.4) is 0 Å². The Morgan fingerprint density at radius 1 is 1.28 bits per heavy atom. The predicted molar refractivity (Wildman–Crippen MR) is 65.1 cm³/mol. The Morgan fingerprint density at radius 3 is 2.67 bits per heavy atom. The molecule has 1 atom stereocenters. The van der Waals surface area contributed by atoms with Crippen LogP contribution in [0.5, 0.6) is 0 Å². The highest BCUT2D eigenvalue weighted by molar-refractivity contribution is 5.77. The van der Waals surface area contributed by atoms with Crippen LogP contribution in [0.1, 0.15) is 44.9 Å². The number of carboxylic acids is 1. The molecule has 2 fully saturated rings. The first kappa shape index (κ1) is 13.3. The number of carbonyl (C=O) groups excluding carboxylic acids is 1. The standard InChI is InChI=1S/C13H21NO4/c15-12(5-4-11-3-1-2-6-18-11)14-10-7-9(8-10)13(16)17/h9-11H,1-8H2,(H,14,15)(H,16,17). The number of hydrogen-bond acceptors (Lipinski definition) is 3. The minimum Gasteiger partial charge on any atom is -0.481 e. The highest BCUT2D eigenvalue weighted by Gasteiger charge is 2.35. The van der Waals surface area contributed by atoms with Gasteiger partial charge in [0.05, 0.1) is 12.0 Å². The molecule has 2 aliphatic rings. The van der Waals surface area contributed by atoms with Crippen molar-refractivity contribution in [3.63, 3.8) is 0 Å². The summed E-state index contributed by atoms with van der Waals surface area (Å²) >= 11 is 0. The number of hydrogen-bond donors (Lipinski definition) is 2. The lowest BCUT2D eigenvalue weighted by Crippen LogP contribution is -2.46. The zero-order valence-electron chi connectivity index (χ0n) is 10.6. The van der Waals surface area contributed by atoms with E-state index in [2.05, 4.69) is 5.32 Å². The average Bonchev–Trinajstić information content (AvgIpc) is 2.31. The Bertz CT molecular complexity index is 306. The first-order valence-corrected chi connectivity index (χ1v) is 6.79. The lowest BCUT2D eigenvalue weighted by molar-refractivity contribution is -0.146. The molecule has 0 bridgehead atoms. The van der Waals surface area contributed by atoms with Gasteiger partial charge in [0, 0.05) is 19.1 Å². The molecule has 0 radical (unpaired) electrons. The summed E-state index contributed by atoms with van der Waals surface area (Å²) in [4.78, 5) is 22.3. The summed E-state index contributed by atoms with van der Waals surface area (Å²) in [6, 6.07) is 0.0610. The minimum absolute atomic E-state index is 0.0259. The summed E-state index contributed by atoms with van der Waals surface area (Å²) in [6.45, 7) is 0.815. The van der Waals surface area contributed by atoms with Crippen LogP contribution in [0.2, 0.25) is 0 Å². The van der Waals surface area contributed by atoms with Gasteiger partial charge in [0.1, 0.15) is 0 Å². The van der Waals surface area contributed by atoms with Crippen molar-refractivity contribution in [3.8, 4) is 0 Å². The minimum atomic E-state index is -0.754. The first-order valence-electron chi connectivity index (χ1n) is 6.79. The van der Waals surface area contributed by atoms with Gasteiger partial charge in [-0.15, -0.1) is 0 Å². The van der Waals surface area contributed by atoms with Crippen molar-refractivity contribution in [1.29, 1.82) is 0 Å². The summed E-state index contributed by atoms with van der Waals surface area (Å²) in [6.07, 6.45) is 6.01. The Kier molecular flexibility index (Phi) is 4.58. The molecule has 0 aromatic heterocycles. The highest BCUT2D eigenvalue weighted by Crippen LogP contribution is 2.27. The maximum atomic E-state index is 11.7. The maximum absolute atomic E-state index is 11.7. The number of carboxylic acid groups (broad SMARTS) is 1. The van der Waals surface area contributed by atoms with Crippen LogP contribution < -0.4 is 5.32 Å². The third-order valence-corrected chi connectivity index (χ3v) is 3.82. The monoisotopic (exact) mass is 255 g/mol. The van der Waals surface area contributed by atoms with Crippen LogP contribution in [0.15, 0.2) is 0 Å².